The molecule has 104 valence electrons. The predicted molar refractivity (Wildman–Crippen MR) is 74.5 cm³/mol. The molecule has 2 unspecified atom stereocenters. The standard InChI is InChI=1S/C11H20N2O3S2/c14-11(12-17-7-9-3-1-5-15-9)13-18-8-10-4-2-6-16-10/h9-10H,1-8H2,(H2,12,13,14). The summed E-state index contributed by atoms with van der Waals surface area (Å²) in [6.07, 6.45) is 5.07. The van der Waals surface area contributed by atoms with Crippen LogP contribution in [-0.4, -0.2) is 43.0 Å². The minimum atomic E-state index is -0.152. The highest BCUT2D eigenvalue weighted by molar-refractivity contribution is 7.99. The summed E-state index contributed by atoms with van der Waals surface area (Å²) in [7, 11) is 0. The van der Waals surface area contributed by atoms with Crippen LogP contribution in [0.4, 0.5) is 4.79 Å². The van der Waals surface area contributed by atoms with Crippen molar-refractivity contribution in [3.8, 4) is 0 Å². The number of amides is 2. The van der Waals surface area contributed by atoms with E-state index in [1.165, 1.54) is 23.9 Å². The van der Waals surface area contributed by atoms with Crippen molar-refractivity contribution in [1.29, 1.82) is 0 Å². The molecule has 2 N–H and O–H groups in total. The third-order valence-corrected chi connectivity index (χ3v) is 4.65. The van der Waals surface area contributed by atoms with Gasteiger partial charge in [-0.3, -0.25) is 9.44 Å². The molecule has 2 aliphatic heterocycles. The second kappa shape index (κ2) is 8.14. The van der Waals surface area contributed by atoms with Crippen LogP contribution >= 0.6 is 23.9 Å². The fourth-order valence-corrected chi connectivity index (χ4v) is 3.47. The van der Waals surface area contributed by atoms with Crippen LogP contribution in [0.2, 0.25) is 0 Å². The summed E-state index contributed by atoms with van der Waals surface area (Å²) in [5.41, 5.74) is 0. The number of urea groups is 1. The van der Waals surface area contributed by atoms with Crippen LogP contribution in [0.1, 0.15) is 25.7 Å². The first-order chi connectivity index (χ1) is 8.84. The Morgan fingerprint density at radius 3 is 1.89 bits per heavy atom. The maximum atomic E-state index is 11.4. The third kappa shape index (κ3) is 5.26. The largest absolute Gasteiger partial charge is 0.377 e. The van der Waals surface area contributed by atoms with Gasteiger partial charge in [0, 0.05) is 24.7 Å². The van der Waals surface area contributed by atoms with E-state index in [1.54, 1.807) is 0 Å². The number of ether oxygens (including phenoxy) is 2. The van der Waals surface area contributed by atoms with Gasteiger partial charge in [-0.25, -0.2) is 4.79 Å². The van der Waals surface area contributed by atoms with Crippen molar-refractivity contribution in [1.82, 2.24) is 9.44 Å². The maximum Gasteiger partial charge on any atom is 0.334 e. The van der Waals surface area contributed by atoms with E-state index in [-0.39, 0.29) is 6.03 Å². The molecule has 2 rings (SSSR count). The van der Waals surface area contributed by atoms with Gasteiger partial charge in [-0.15, -0.1) is 0 Å². The molecule has 2 fully saturated rings. The molecule has 2 aliphatic rings. The van der Waals surface area contributed by atoms with Crippen LogP contribution in [0.25, 0.3) is 0 Å². The lowest BCUT2D eigenvalue weighted by atomic mass is 10.3. The number of hydrogen-bond acceptors (Lipinski definition) is 5. The maximum absolute atomic E-state index is 11.4. The minimum absolute atomic E-state index is 0.152. The molecule has 2 amide bonds. The van der Waals surface area contributed by atoms with Crippen molar-refractivity contribution in [3.05, 3.63) is 0 Å². The zero-order valence-electron chi connectivity index (χ0n) is 10.4. The lowest BCUT2D eigenvalue weighted by Gasteiger charge is -2.11. The van der Waals surface area contributed by atoms with E-state index in [1.807, 2.05) is 0 Å². The fourth-order valence-electron chi connectivity index (χ4n) is 1.97. The van der Waals surface area contributed by atoms with E-state index in [0.717, 1.165) is 50.4 Å². The first kappa shape index (κ1) is 14.3. The Bertz CT molecular complexity index is 233. The third-order valence-electron chi connectivity index (χ3n) is 2.92. The van der Waals surface area contributed by atoms with Crippen molar-refractivity contribution >= 4 is 29.9 Å². The second-order valence-corrected chi connectivity index (χ2v) is 6.08. The quantitative estimate of drug-likeness (QED) is 0.733. The first-order valence-corrected chi connectivity index (χ1v) is 8.34. The molecule has 5 nitrogen and oxygen atoms in total. The van der Waals surface area contributed by atoms with Gasteiger partial charge in [0.05, 0.1) is 12.2 Å². The molecular formula is C11H20N2O3S2. The van der Waals surface area contributed by atoms with Crippen LogP contribution in [0.3, 0.4) is 0 Å². The van der Waals surface area contributed by atoms with Crippen molar-refractivity contribution < 1.29 is 14.3 Å². The van der Waals surface area contributed by atoms with Crippen LogP contribution in [0.5, 0.6) is 0 Å². The summed E-state index contributed by atoms with van der Waals surface area (Å²) < 4.78 is 16.5. The Morgan fingerprint density at radius 2 is 1.50 bits per heavy atom. The smallest absolute Gasteiger partial charge is 0.334 e. The minimum Gasteiger partial charge on any atom is -0.377 e. The van der Waals surface area contributed by atoms with E-state index in [0.29, 0.717) is 12.2 Å². The van der Waals surface area contributed by atoms with Gasteiger partial charge in [-0.2, -0.15) is 0 Å². The van der Waals surface area contributed by atoms with E-state index in [4.69, 9.17) is 9.47 Å². The zero-order chi connectivity index (χ0) is 12.6. The van der Waals surface area contributed by atoms with Gasteiger partial charge in [-0.05, 0) is 49.6 Å². The van der Waals surface area contributed by atoms with Gasteiger partial charge in [0.2, 0.25) is 0 Å². The highest BCUT2D eigenvalue weighted by Gasteiger charge is 2.17. The van der Waals surface area contributed by atoms with Gasteiger partial charge in [-0.1, -0.05) is 0 Å². The van der Waals surface area contributed by atoms with E-state index >= 15 is 0 Å². The molecular weight excluding hydrogens is 272 g/mol. The molecule has 7 heteroatoms. The SMILES string of the molecule is O=C(NSCC1CCCO1)NSCC1CCCO1. The summed E-state index contributed by atoms with van der Waals surface area (Å²) >= 11 is 2.82. The number of rotatable bonds is 6. The summed E-state index contributed by atoms with van der Waals surface area (Å²) in [5.74, 6) is 1.65. The number of hydrogen-bond donors (Lipinski definition) is 2. The Balaban J connectivity index is 1.44. The van der Waals surface area contributed by atoms with Crippen molar-refractivity contribution in [3.63, 3.8) is 0 Å². The highest BCUT2D eigenvalue weighted by Crippen LogP contribution is 2.16. The second-order valence-electron chi connectivity index (χ2n) is 4.43. The monoisotopic (exact) mass is 292 g/mol. The first-order valence-electron chi connectivity index (χ1n) is 6.37. The molecule has 2 saturated heterocycles. The average Bonchev–Trinajstić information content (AvgIpc) is 3.01. The average molecular weight is 292 g/mol. The van der Waals surface area contributed by atoms with Crippen LogP contribution in [0.15, 0.2) is 0 Å². The van der Waals surface area contributed by atoms with Crippen LogP contribution in [-0.2, 0) is 9.47 Å². The number of carbonyl (C=O) groups is 1. The summed E-state index contributed by atoms with van der Waals surface area (Å²) in [5, 5.41) is 0. The van der Waals surface area contributed by atoms with Gasteiger partial charge < -0.3 is 9.47 Å². The molecule has 0 saturated carbocycles. The summed E-state index contributed by atoms with van der Waals surface area (Å²) in [6, 6.07) is -0.152. The molecule has 0 bridgehead atoms. The number of carbonyl (C=O) groups excluding carboxylic acids is 1. The molecule has 0 spiro atoms. The molecule has 0 aromatic heterocycles. The zero-order valence-corrected chi connectivity index (χ0v) is 12.0. The van der Waals surface area contributed by atoms with E-state index in [2.05, 4.69) is 9.44 Å². The lowest BCUT2D eigenvalue weighted by Crippen LogP contribution is -2.29. The van der Waals surface area contributed by atoms with Gasteiger partial charge in [0.15, 0.2) is 0 Å². The Hall–Kier alpha value is -0.110. The molecule has 2 heterocycles. The van der Waals surface area contributed by atoms with Crippen molar-refractivity contribution in [2.45, 2.75) is 37.9 Å². The Kier molecular flexibility index (Phi) is 6.47. The summed E-state index contributed by atoms with van der Waals surface area (Å²) in [6.45, 7) is 1.71. The van der Waals surface area contributed by atoms with Crippen molar-refractivity contribution in [2.75, 3.05) is 24.7 Å². The highest BCUT2D eigenvalue weighted by atomic mass is 32.2. The van der Waals surface area contributed by atoms with Crippen molar-refractivity contribution in [2.24, 2.45) is 0 Å². The van der Waals surface area contributed by atoms with Crippen LogP contribution in [0, 0.1) is 0 Å². The molecule has 0 aromatic carbocycles. The topological polar surface area (TPSA) is 59.6 Å². The molecule has 0 radical (unpaired) electrons. The van der Waals surface area contributed by atoms with Gasteiger partial charge in [0.25, 0.3) is 0 Å². The lowest BCUT2D eigenvalue weighted by molar-refractivity contribution is 0.128. The Morgan fingerprint density at radius 1 is 1.00 bits per heavy atom. The molecule has 0 aliphatic carbocycles. The van der Waals surface area contributed by atoms with E-state index in [9.17, 15) is 4.79 Å². The molecule has 2 atom stereocenters. The normalized spacial score (nSPS) is 27.3. The molecule has 18 heavy (non-hydrogen) atoms. The number of nitrogens with one attached hydrogen (secondary N) is 2. The Labute approximate surface area is 116 Å². The summed E-state index contributed by atoms with van der Waals surface area (Å²) in [4.78, 5) is 11.4. The van der Waals surface area contributed by atoms with E-state index < -0.39 is 0 Å². The fraction of sp³-hybridized carbons (Fsp3) is 0.909. The predicted octanol–water partition coefficient (Wildman–Crippen LogP) is 1.94. The van der Waals surface area contributed by atoms with Gasteiger partial charge >= 0.3 is 6.03 Å². The van der Waals surface area contributed by atoms with Crippen LogP contribution < -0.4 is 9.44 Å². The molecule has 0 aromatic rings. The van der Waals surface area contributed by atoms with Gasteiger partial charge in [0.1, 0.15) is 0 Å².